The smallest absolute Gasteiger partial charge is 0.154 e. The van der Waals surface area contributed by atoms with Gasteiger partial charge in [0.1, 0.15) is 0 Å². The van der Waals surface area contributed by atoms with Crippen LogP contribution in [0.4, 0.5) is 5.69 Å². The fourth-order valence-electron chi connectivity index (χ4n) is 2.35. The molecular formula is C13H18ClNO2S. The van der Waals surface area contributed by atoms with E-state index in [4.69, 9.17) is 11.6 Å². The molecule has 1 saturated carbocycles. The van der Waals surface area contributed by atoms with E-state index in [0.29, 0.717) is 11.6 Å². The van der Waals surface area contributed by atoms with E-state index in [2.05, 4.69) is 5.32 Å². The summed E-state index contributed by atoms with van der Waals surface area (Å²) in [6.07, 6.45) is 3.76. The lowest BCUT2D eigenvalue weighted by molar-refractivity contribution is 0.580. The number of benzene rings is 1. The molecule has 1 aromatic rings. The van der Waals surface area contributed by atoms with Crippen LogP contribution in [0.2, 0.25) is 5.02 Å². The van der Waals surface area contributed by atoms with Gasteiger partial charge in [0.2, 0.25) is 0 Å². The van der Waals surface area contributed by atoms with Crippen LogP contribution in [0.3, 0.4) is 0 Å². The van der Waals surface area contributed by atoms with E-state index in [9.17, 15) is 8.42 Å². The van der Waals surface area contributed by atoms with E-state index in [1.807, 2.05) is 12.1 Å². The maximum atomic E-state index is 12.0. The summed E-state index contributed by atoms with van der Waals surface area (Å²) in [5.74, 6) is 0.199. The zero-order valence-electron chi connectivity index (χ0n) is 10.2. The predicted molar refractivity (Wildman–Crippen MR) is 76.0 cm³/mol. The molecule has 0 saturated heterocycles. The Morgan fingerprint density at radius 2 is 2.00 bits per heavy atom. The Bertz CT molecular complexity index is 495. The molecule has 0 amide bonds. The second-order valence-electron chi connectivity index (χ2n) is 4.71. The highest BCUT2D eigenvalue weighted by Gasteiger charge is 2.27. The molecule has 1 aliphatic rings. The van der Waals surface area contributed by atoms with Crippen molar-refractivity contribution in [2.45, 2.75) is 30.9 Å². The molecule has 0 aliphatic heterocycles. The van der Waals surface area contributed by atoms with E-state index in [1.165, 1.54) is 0 Å². The summed E-state index contributed by atoms with van der Waals surface area (Å²) < 4.78 is 24.0. The van der Waals surface area contributed by atoms with Crippen molar-refractivity contribution in [2.75, 3.05) is 17.6 Å². The van der Waals surface area contributed by atoms with Crippen LogP contribution in [0.15, 0.2) is 24.3 Å². The van der Waals surface area contributed by atoms with Crippen molar-refractivity contribution in [2.24, 2.45) is 0 Å². The van der Waals surface area contributed by atoms with Gasteiger partial charge < -0.3 is 5.32 Å². The molecule has 0 heterocycles. The molecule has 0 aromatic heterocycles. The maximum absolute atomic E-state index is 12.0. The van der Waals surface area contributed by atoms with E-state index < -0.39 is 9.84 Å². The molecule has 100 valence electrons. The molecule has 5 heteroatoms. The topological polar surface area (TPSA) is 46.2 Å². The molecule has 0 atom stereocenters. The Morgan fingerprint density at radius 3 is 2.67 bits per heavy atom. The lowest BCUT2D eigenvalue weighted by atomic mass is 10.3. The van der Waals surface area contributed by atoms with Gasteiger partial charge in [0.15, 0.2) is 9.84 Å². The summed E-state index contributed by atoms with van der Waals surface area (Å²) in [5, 5.41) is 3.64. The average molecular weight is 288 g/mol. The van der Waals surface area contributed by atoms with Crippen molar-refractivity contribution in [3.05, 3.63) is 29.3 Å². The Morgan fingerprint density at radius 1 is 1.28 bits per heavy atom. The van der Waals surface area contributed by atoms with E-state index in [-0.39, 0.29) is 11.0 Å². The van der Waals surface area contributed by atoms with Crippen LogP contribution in [0.25, 0.3) is 0 Å². The van der Waals surface area contributed by atoms with Gasteiger partial charge in [-0.05, 0) is 31.0 Å². The van der Waals surface area contributed by atoms with Crippen molar-refractivity contribution in [3.8, 4) is 0 Å². The van der Waals surface area contributed by atoms with Crippen molar-refractivity contribution in [1.29, 1.82) is 0 Å². The van der Waals surface area contributed by atoms with Crippen LogP contribution in [0.5, 0.6) is 0 Å². The Kier molecular flexibility index (Phi) is 4.51. The summed E-state index contributed by atoms with van der Waals surface area (Å²) in [7, 11) is -2.94. The first-order valence-corrected chi connectivity index (χ1v) is 8.38. The molecule has 1 fully saturated rings. The third-order valence-corrected chi connectivity index (χ3v) is 5.85. The first-order valence-electron chi connectivity index (χ1n) is 6.29. The average Bonchev–Trinajstić information content (AvgIpc) is 2.83. The fraction of sp³-hybridized carbons (Fsp3) is 0.538. The SMILES string of the molecule is O=S(=O)(CCNc1cccc(Cl)c1)C1CCCC1. The largest absolute Gasteiger partial charge is 0.384 e. The number of sulfone groups is 1. The number of nitrogens with one attached hydrogen (secondary N) is 1. The minimum Gasteiger partial charge on any atom is -0.384 e. The number of anilines is 1. The van der Waals surface area contributed by atoms with Crippen molar-refractivity contribution >= 4 is 27.1 Å². The highest BCUT2D eigenvalue weighted by molar-refractivity contribution is 7.92. The monoisotopic (exact) mass is 287 g/mol. The number of hydrogen-bond donors (Lipinski definition) is 1. The van der Waals surface area contributed by atoms with Gasteiger partial charge in [0.25, 0.3) is 0 Å². The molecule has 1 aromatic carbocycles. The van der Waals surface area contributed by atoms with Crippen LogP contribution in [0.1, 0.15) is 25.7 Å². The number of hydrogen-bond acceptors (Lipinski definition) is 3. The van der Waals surface area contributed by atoms with Crippen LogP contribution in [0, 0.1) is 0 Å². The van der Waals surface area contributed by atoms with Crippen LogP contribution < -0.4 is 5.32 Å². The van der Waals surface area contributed by atoms with Gasteiger partial charge in [-0.25, -0.2) is 8.42 Å². The van der Waals surface area contributed by atoms with Crippen LogP contribution >= 0.6 is 11.6 Å². The molecule has 1 N–H and O–H groups in total. The quantitative estimate of drug-likeness (QED) is 0.905. The molecule has 0 spiro atoms. The molecule has 0 unspecified atom stereocenters. The van der Waals surface area contributed by atoms with Crippen LogP contribution in [-0.4, -0.2) is 26.0 Å². The first-order chi connectivity index (χ1) is 8.58. The minimum absolute atomic E-state index is 0.112. The van der Waals surface area contributed by atoms with E-state index >= 15 is 0 Å². The van der Waals surface area contributed by atoms with E-state index in [1.54, 1.807) is 12.1 Å². The molecule has 0 bridgehead atoms. The second-order valence-corrected chi connectivity index (χ2v) is 7.55. The Balaban J connectivity index is 1.84. The Hall–Kier alpha value is -0.740. The van der Waals surface area contributed by atoms with Gasteiger partial charge in [0, 0.05) is 17.3 Å². The molecule has 2 rings (SSSR count). The first kappa shape index (κ1) is 13.7. The zero-order valence-corrected chi connectivity index (χ0v) is 11.8. The third kappa shape index (κ3) is 3.62. The molecule has 3 nitrogen and oxygen atoms in total. The molecule has 18 heavy (non-hydrogen) atoms. The minimum atomic E-state index is -2.94. The molecule has 1 aliphatic carbocycles. The van der Waals surface area contributed by atoms with Gasteiger partial charge in [0.05, 0.1) is 11.0 Å². The van der Waals surface area contributed by atoms with E-state index in [0.717, 1.165) is 31.4 Å². The van der Waals surface area contributed by atoms with Crippen molar-refractivity contribution in [3.63, 3.8) is 0 Å². The van der Waals surface area contributed by atoms with Gasteiger partial charge in [-0.2, -0.15) is 0 Å². The maximum Gasteiger partial charge on any atom is 0.154 e. The van der Waals surface area contributed by atoms with Crippen molar-refractivity contribution in [1.82, 2.24) is 0 Å². The summed E-state index contributed by atoms with van der Waals surface area (Å²) >= 11 is 5.86. The number of halogens is 1. The summed E-state index contributed by atoms with van der Waals surface area (Å²) in [6.45, 7) is 0.444. The lowest BCUT2D eigenvalue weighted by Crippen LogP contribution is -2.25. The van der Waals surface area contributed by atoms with Gasteiger partial charge in [-0.15, -0.1) is 0 Å². The molecule has 0 radical (unpaired) electrons. The highest BCUT2D eigenvalue weighted by Crippen LogP contribution is 2.25. The second kappa shape index (κ2) is 5.93. The lowest BCUT2D eigenvalue weighted by Gasteiger charge is -2.12. The van der Waals surface area contributed by atoms with Gasteiger partial charge in [-0.1, -0.05) is 30.5 Å². The number of rotatable bonds is 5. The predicted octanol–water partition coefficient (Wildman–Crippen LogP) is 3.11. The summed E-state index contributed by atoms with van der Waals surface area (Å²) in [4.78, 5) is 0. The third-order valence-electron chi connectivity index (χ3n) is 3.35. The Labute approximate surface area is 113 Å². The highest BCUT2D eigenvalue weighted by atomic mass is 35.5. The fourth-order valence-corrected chi connectivity index (χ4v) is 4.31. The van der Waals surface area contributed by atoms with Crippen LogP contribution in [-0.2, 0) is 9.84 Å². The standard InChI is InChI=1S/C13H18ClNO2S/c14-11-4-3-5-12(10-11)15-8-9-18(16,17)13-6-1-2-7-13/h3-5,10,13,15H,1-2,6-9H2. The van der Waals surface area contributed by atoms with Gasteiger partial charge in [-0.3, -0.25) is 0 Å². The van der Waals surface area contributed by atoms with Crippen molar-refractivity contribution < 1.29 is 8.42 Å². The molecular weight excluding hydrogens is 270 g/mol. The zero-order chi connectivity index (χ0) is 13.0. The van der Waals surface area contributed by atoms with Gasteiger partial charge >= 0.3 is 0 Å². The summed E-state index contributed by atoms with van der Waals surface area (Å²) in [5.41, 5.74) is 0.865. The normalized spacial score (nSPS) is 16.9. The summed E-state index contributed by atoms with van der Waals surface area (Å²) in [6, 6.07) is 7.32.